The third-order valence-electron chi connectivity index (χ3n) is 12.1. The number of aryl methyl sites for hydroxylation is 1. The molecular formula is C54H40N4. The second-order valence-corrected chi connectivity index (χ2v) is 15.9. The van der Waals surface area contributed by atoms with Crippen molar-refractivity contribution in [1.82, 2.24) is 14.5 Å². The Bertz CT molecular complexity index is 3230. The van der Waals surface area contributed by atoms with E-state index in [1.165, 1.54) is 43.9 Å². The second kappa shape index (κ2) is 13.1. The van der Waals surface area contributed by atoms with Crippen LogP contribution in [0.25, 0.3) is 72.0 Å². The molecule has 0 N–H and O–H groups in total. The highest BCUT2D eigenvalue weighted by Gasteiger charge is 2.36. The number of nitrogens with zero attached hydrogens (tertiary/aromatic N) is 4. The summed E-state index contributed by atoms with van der Waals surface area (Å²) in [6.45, 7) is 6.84. The molecule has 8 aromatic carbocycles. The third kappa shape index (κ3) is 5.29. The minimum absolute atomic E-state index is 0.140. The Labute approximate surface area is 338 Å². The molecule has 0 saturated heterocycles. The Balaban J connectivity index is 1.21. The standard InChI is InChI=1S/C54H40N4/c1-35-17-7-10-22-40(35)53-55-47(37-19-5-4-6-20-37)34-52(56-53)57(39-30-29-36-18-8-9-21-38(36)31-39)49-27-15-16-28-50(49)58-48-26-14-12-24-42(48)44-32-43-41-23-11-13-25-45(41)54(2,3)46(43)33-51(44)58/h4-34H,1-3H3. The van der Waals surface area contributed by atoms with Gasteiger partial charge in [-0.1, -0.05) is 153 Å². The molecule has 2 aromatic heterocycles. The molecule has 0 bridgehead atoms. The number of hydrogen-bond acceptors (Lipinski definition) is 3. The van der Waals surface area contributed by atoms with Gasteiger partial charge >= 0.3 is 0 Å². The molecule has 0 unspecified atom stereocenters. The number of para-hydroxylation sites is 3. The van der Waals surface area contributed by atoms with Gasteiger partial charge in [-0.15, -0.1) is 0 Å². The lowest BCUT2D eigenvalue weighted by Crippen LogP contribution is -2.16. The number of fused-ring (bicyclic) bond motifs is 7. The zero-order chi connectivity index (χ0) is 39.0. The minimum Gasteiger partial charge on any atom is -0.307 e. The van der Waals surface area contributed by atoms with E-state index in [2.05, 4.69) is 212 Å². The maximum Gasteiger partial charge on any atom is 0.162 e. The molecule has 1 aliphatic carbocycles. The van der Waals surface area contributed by atoms with Gasteiger partial charge in [0.1, 0.15) is 5.82 Å². The Morgan fingerprint density at radius 2 is 1.21 bits per heavy atom. The van der Waals surface area contributed by atoms with Crippen LogP contribution >= 0.6 is 0 Å². The Morgan fingerprint density at radius 1 is 0.500 bits per heavy atom. The molecule has 0 amide bonds. The van der Waals surface area contributed by atoms with Gasteiger partial charge in [-0.05, 0) is 88.0 Å². The van der Waals surface area contributed by atoms with E-state index in [1.54, 1.807) is 0 Å². The first-order valence-electron chi connectivity index (χ1n) is 20.0. The van der Waals surface area contributed by atoms with Crippen LogP contribution in [0.5, 0.6) is 0 Å². The van der Waals surface area contributed by atoms with Crippen LogP contribution in [0.3, 0.4) is 0 Å². The number of rotatable bonds is 6. The number of aromatic nitrogens is 3. The Hall–Kier alpha value is -7.30. The topological polar surface area (TPSA) is 34.0 Å². The van der Waals surface area contributed by atoms with Crippen molar-refractivity contribution in [2.45, 2.75) is 26.2 Å². The highest BCUT2D eigenvalue weighted by molar-refractivity contribution is 6.12. The van der Waals surface area contributed by atoms with Crippen molar-refractivity contribution in [1.29, 1.82) is 0 Å². The summed E-state index contributed by atoms with van der Waals surface area (Å²) in [7, 11) is 0. The molecule has 0 atom stereocenters. The average molecular weight is 745 g/mol. The van der Waals surface area contributed by atoms with Crippen LogP contribution in [-0.4, -0.2) is 14.5 Å². The lowest BCUT2D eigenvalue weighted by molar-refractivity contribution is 0.661. The van der Waals surface area contributed by atoms with E-state index in [9.17, 15) is 0 Å². The van der Waals surface area contributed by atoms with Gasteiger partial charge in [-0.3, -0.25) is 4.90 Å². The smallest absolute Gasteiger partial charge is 0.162 e. The molecule has 0 spiro atoms. The van der Waals surface area contributed by atoms with E-state index in [-0.39, 0.29) is 5.41 Å². The molecule has 11 rings (SSSR count). The molecule has 0 saturated carbocycles. The molecule has 0 radical (unpaired) electrons. The van der Waals surface area contributed by atoms with Crippen LogP contribution in [0.4, 0.5) is 17.2 Å². The van der Waals surface area contributed by atoms with Crippen LogP contribution in [0.15, 0.2) is 188 Å². The summed E-state index contributed by atoms with van der Waals surface area (Å²) >= 11 is 0. The van der Waals surface area contributed by atoms with Gasteiger partial charge in [-0.25, -0.2) is 9.97 Å². The first kappa shape index (κ1) is 34.0. The van der Waals surface area contributed by atoms with E-state index >= 15 is 0 Å². The molecule has 58 heavy (non-hydrogen) atoms. The molecule has 4 heteroatoms. The van der Waals surface area contributed by atoms with E-state index in [4.69, 9.17) is 9.97 Å². The van der Waals surface area contributed by atoms with Crippen molar-refractivity contribution < 1.29 is 0 Å². The number of benzene rings is 8. The second-order valence-electron chi connectivity index (χ2n) is 15.9. The summed E-state index contributed by atoms with van der Waals surface area (Å²) in [5, 5.41) is 4.81. The SMILES string of the molecule is Cc1ccccc1-c1nc(-c2ccccc2)cc(N(c2ccc3ccccc3c2)c2ccccc2-n2c3ccccc3c3cc4c(cc32)C(C)(C)c2ccccc2-4)n1. The van der Waals surface area contributed by atoms with Gasteiger partial charge in [0.2, 0.25) is 0 Å². The molecule has 2 heterocycles. The quantitative estimate of drug-likeness (QED) is 0.170. The summed E-state index contributed by atoms with van der Waals surface area (Å²) in [6.07, 6.45) is 0. The highest BCUT2D eigenvalue weighted by atomic mass is 15.2. The van der Waals surface area contributed by atoms with Gasteiger partial charge < -0.3 is 4.57 Å². The van der Waals surface area contributed by atoms with Gasteiger partial charge in [0, 0.05) is 39.1 Å². The summed E-state index contributed by atoms with van der Waals surface area (Å²) < 4.78 is 2.47. The van der Waals surface area contributed by atoms with Crippen LogP contribution in [0, 0.1) is 6.92 Å². The van der Waals surface area contributed by atoms with E-state index in [0.717, 1.165) is 56.2 Å². The van der Waals surface area contributed by atoms with Crippen LogP contribution in [-0.2, 0) is 5.41 Å². The fourth-order valence-corrected chi connectivity index (χ4v) is 9.23. The molecule has 1 aliphatic rings. The van der Waals surface area contributed by atoms with Crippen LogP contribution in [0.2, 0.25) is 0 Å². The van der Waals surface area contributed by atoms with Gasteiger partial charge in [0.25, 0.3) is 0 Å². The first-order valence-corrected chi connectivity index (χ1v) is 20.0. The van der Waals surface area contributed by atoms with Crippen molar-refractivity contribution in [2.24, 2.45) is 0 Å². The monoisotopic (exact) mass is 744 g/mol. The molecule has 0 aliphatic heterocycles. The van der Waals surface area contributed by atoms with Crippen molar-refractivity contribution in [2.75, 3.05) is 4.90 Å². The first-order chi connectivity index (χ1) is 28.4. The molecular weight excluding hydrogens is 705 g/mol. The molecule has 276 valence electrons. The Kier molecular flexibility index (Phi) is 7.70. The summed E-state index contributed by atoms with van der Waals surface area (Å²) in [5.41, 5.74) is 14.7. The molecule has 4 nitrogen and oxygen atoms in total. The summed E-state index contributed by atoms with van der Waals surface area (Å²) in [6, 6.07) is 67.6. The van der Waals surface area contributed by atoms with Crippen LogP contribution < -0.4 is 4.90 Å². The fourth-order valence-electron chi connectivity index (χ4n) is 9.23. The summed E-state index contributed by atoms with van der Waals surface area (Å²) in [5.74, 6) is 1.47. The van der Waals surface area contributed by atoms with Crippen molar-refractivity contribution in [3.8, 4) is 39.5 Å². The minimum atomic E-state index is -0.140. The zero-order valence-electron chi connectivity index (χ0n) is 32.7. The summed E-state index contributed by atoms with van der Waals surface area (Å²) in [4.78, 5) is 13.0. The van der Waals surface area contributed by atoms with Gasteiger partial charge in [-0.2, -0.15) is 0 Å². The molecule has 10 aromatic rings. The third-order valence-corrected chi connectivity index (χ3v) is 12.1. The lowest BCUT2D eigenvalue weighted by Gasteiger charge is -2.28. The van der Waals surface area contributed by atoms with Gasteiger partial charge in [0.05, 0.1) is 28.1 Å². The Morgan fingerprint density at radius 3 is 2.07 bits per heavy atom. The fraction of sp³-hybridized carbons (Fsp3) is 0.0741. The maximum absolute atomic E-state index is 5.47. The van der Waals surface area contributed by atoms with Crippen molar-refractivity contribution in [3.63, 3.8) is 0 Å². The van der Waals surface area contributed by atoms with E-state index in [0.29, 0.717) is 5.82 Å². The maximum atomic E-state index is 5.47. The van der Waals surface area contributed by atoms with Crippen LogP contribution in [0.1, 0.15) is 30.5 Å². The van der Waals surface area contributed by atoms with E-state index < -0.39 is 0 Å². The predicted molar refractivity (Wildman–Crippen MR) is 242 cm³/mol. The normalized spacial score (nSPS) is 12.9. The lowest BCUT2D eigenvalue weighted by atomic mass is 9.82. The van der Waals surface area contributed by atoms with E-state index in [1.807, 2.05) is 6.07 Å². The van der Waals surface area contributed by atoms with Gasteiger partial charge in [0.15, 0.2) is 5.82 Å². The zero-order valence-corrected chi connectivity index (χ0v) is 32.7. The number of hydrogen-bond donors (Lipinski definition) is 0. The predicted octanol–water partition coefficient (Wildman–Crippen LogP) is 14.1. The molecule has 0 fully saturated rings. The largest absolute Gasteiger partial charge is 0.307 e. The van der Waals surface area contributed by atoms with Crippen molar-refractivity contribution >= 4 is 49.8 Å². The highest BCUT2D eigenvalue weighted by Crippen LogP contribution is 2.51. The van der Waals surface area contributed by atoms with Crippen molar-refractivity contribution in [3.05, 3.63) is 205 Å². The number of anilines is 3. The average Bonchev–Trinajstić information content (AvgIpc) is 3.71.